The number of halogens is 3. The van der Waals surface area contributed by atoms with E-state index < -0.39 is 70.1 Å². The van der Waals surface area contributed by atoms with E-state index in [1.807, 2.05) is 61.6 Å². The smallest absolute Gasteiger partial charge is 0.384 e. The first-order chi connectivity index (χ1) is 51.0. The number of hydrogen-bond acceptors (Lipinski definition) is 21. The van der Waals surface area contributed by atoms with Gasteiger partial charge in [-0.15, -0.1) is 0 Å². The molecule has 9 aromatic rings. The quantitative estimate of drug-likeness (QED) is 0.0529. The Morgan fingerprint density at radius 1 is 0.569 bits per heavy atom. The van der Waals surface area contributed by atoms with Crippen LogP contribution in [0.4, 0.5) is 53.6 Å². The lowest BCUT2D eigenvalue weighted by Gasteiger charge is -2.35. The van der Waals surface area contributed by atoms with Crippen molar-refractivity contribution in [3.05, 3.63) is 209 Å². The molecule has 0 saturated carbocycles. The molecule has 30 heteroatoms. The number of aromatic nitrogens is 5. The van der Waals surface area contributed by atoms with Crippen molar-refractivity contribution in [2.24, 2.45) is 17.8 Å². The first-order valence-corrected chi connectivity index (χ1v) is 39.5. The molecule has 3 saturated heterocycles. The number of pyridine rings is 5. The molecule has 24 nitrogen and oxygen atoms in total. The molecule has 7 N–H and O–H groups in total. The lowest BCUT2D eigenvalue weighted by Crippen LogP contribution is -2.41. The number of ketones is 1. The molecule has 0 radical (unpaired) electrons. The summed E-state index contributed by atoms with van der Waals surface area (Å²) >= 11 is 0. The second kappa shape index (κ2) is 31.4. The molecule has 0 bridgehead atoms. The van der Waals surface area contributed by atoms with E-state index in [1.54, 1.807) is 60.7 Å². The van der Waals surface area contributed by atoms with Gasteiger partial charge in [-0.25, -0.2) is 47.1 Å². The van der Waals surface area contributed by atoms with Crippen LogP contribution in [0.25, 0.3) is 22.4 Å². The van der Waals surface area contributed by atoms with Crippen LogP contribution < -0.4 is 40.9 Å². The van der Waals surface area contributed by atoms with Crippen molar-refractivity contribution in [2.45, 2.75) is 140 Å². The SMILES string of the molecule is CC(=O)c1cccc(Nc2cccc(S(=O)(=O)N(C)C(=O)c3ccccc3N3CC(C)CC3(C)C)n2)c1.CC1CN(c2ncc(-c3cccc(C(F)(F)F)c3)cc2C(=O)NS(=O)(=O)c2cccc(N)n2)C(C)(C)C1.Cc1ccc(C)c(-c2ccc(C(=O)NS(=O)(=O)c3cccnc3N)c(N3C[C@@H](C)CC3(C)C)n2)c1. The zero-order valence-electron chi connectivity index (χ0n) is 62.8. The first-order valence-electron chi connectivity index (χ1n) is 35.1. The number of nitrogens with zero attached hydrogens (tertiary/aromatic N) is 9. The van der Waals surface area contributed by atoms with Crippen molar-refractivity contribution in [3.63, 3.8) is 0 Å². The van der Waals surface area contributed by atoms with Crippen LogP contribution in [0.2, 0.25) is 0 Å². The summed E-state index contributed by atoms with van der Waals surface area (Å²) in [6.45, 7) is 26.4. The molecule has 3 aliphatic heterocycles. The number of aryl methyl sites for hydroxylation is 2. The number of nitrogens with one attached hydrogen (secondary N) is 3. The van der Waals surface area contributed by atoms with Crippen LogP contribution in [0.1, 0.15) is 147 Å². The Hall–Kier alpha value is -10.9. The molecule has 0 aliphatic carbocycles. The molecule has 3 fully saturated rings. The van der Waals surface area contributed by atoms with E-state index in [2.05, 4.69) is 94.3 Å². The van der Waals surface area contributed by atoms with Gasteiger partial charge in [0.1, 0.15) is 34.0 Å². The number of amides is 3. The lowest BCUT2D eigenvalue weighted by molar-refractivity contribution is -0.137. The molecule has 8 heterocycles. The number of alkyl halides is 3. The number of nitrogens with two attached hydrogens (primary N) is 2. The second-order valence-corrected chi connectivity index (χ2v) is 35.0. The Balaban J connectivity index is 0.000000174. The highest BCUT2D eigenvalue weighted by molar-refractivity contribution is 7.90. The van der Waals surface area contributed by atoms with Crippen LogP contribution in [0.3, 0.4) is 0 Å². The molecule has 5 aromatic heterocycles. The molecule has 3 atom stereocenters. The Kier molecular flexibility index (Phi) is 23.2. The summed E-state index contributed by atoms with van der Waals surface area (Å²) in [4.78, 5) is 79.2. The summed E-state index contributed by atoms with van der Waals surface area (Å²) in [7, 11) is -11.6. The van der Waals surface area contributed by atoms with Crippen molar-refractivity contribution in [3.8, 4) is 22.4 Å². The van der Waals surface area contributed by atoms with Crippen LogP contribution >= 0.6 is 0 Å². The van der Waals surface area contributed by atoms with Crippen LogP contribution in [-0.2, 0) is 36.2 Å². The van der Waals surface area contributed by atoms with Gasteiger partial charge in [0, 0.05) is 78.1 Å². The fourth-order valence-corrected chi connectivity index (χ4v) is 17.4. The third-order valence-corrected chi connectivity index (χ3v) is 23.6. The van der Waals surface area contributed by atoms with E-state index in [-0.39, 0.29) is 78.2 Å². The van der Waals surface area contributed by atoms with Gasteiger partial charge in [0.15, 0.2) is 15.8 Å². The number of Topliss-reactive ketones (excluding diaryl/α,β-unsaturated/α-hetero) is 1. The minimum absolute atomic E-state index is 0.0444. The van der Waals surface area contributed by atoms with E-state index in [9.17, 15) is 57.6 Å². The van der Waals surface area contributed by atoms with Crippen molar-refractivity contribution in [2.75, 3.05) is 58.2 Å². The van der Waals surface area contributed by atoms with Gasteiger partial charge in [-0.2, -0.15) is 30.0 Å². The fraction of sp³-hybridized carbons (Fsp3) is 0.329. The average Bonchev–Trinajstić information content (AvgIpc) is 1.67. The van der Waals surface area contributed by atoms with Gasteiger partial charge in [-0.1, -0.05) is 87.0 Å². The number of rotatable bonds is 17. The van der Waals surface area contributed by atoms with Gasteiger partial charge in [-0.3, -0.25) is 19.2 Å². The lowest BCUT2D eigenvalue weighted by atomic mass is 9.97. The summed E-state index contributed by atoms with van der Waals surface area (Å²) in [6.07, 6.45) is 0.917. The molecule has 109 heavy (non-hydrogen) atoms. The Bertz CT molecular complexity index is 5360. The maximum atomic E-state index is 13.6. The number of carbonyl (C=O) groups excluding carboxylic acids is 4. The molecule has 3 aliphatic rings. The molecular weight excluding hydrogens is 1460 g/mol. The highest BCUT2D eigenvalue weighted by Gasteiger charge is 2.43. The average molecular weight is 1550 g/mol. The van der Waals surface area contributed by atoms with E-state index in [1.165, 1.54) is 81.0 Å². The highest BCUT2D eigenvalue weighted by atomic mass is 32.2. The zero-order valence-corrected chi connectivity index (χ0v) is 65.2. The van der Waals surface area contributed by atoms with Crippen LogP contribution in [-0.4, -0.2) is 121 Å². The van der Waals surface area contributed by atoms with Crippen LogP contribution in [0.15, 0.2) is 185 Å². The maximum absolute atomic E-state index is 13.6. The minimum atomic E-state index is -4.56. The van der Waals surface area contributed by atoms with Gasteiger partial charge in [0.25, 0.3) is 47.8 Å². The van der Waals surface area contributed by atoms with Gasteiger partial charge >= 0.3 is 6.18 Å². The summed E-state index contributed by atoms with van der Waals surface area (Å²) < 4.78 is 123. The number of benzene rings is 4. The van der Waals surface area contributed by atoms with E-state index in [0.717, 1.165) is 70.3 Å². The second-order valence-electron chi connectivity index (χ2n) is 29.8. The molecular formula is C79H89F3N14O10S3. The topological polar surface area (TPSA) is 336 Å². The predicted molar refractivity (Wildman–Crippen MR) is 416 cm³/mol. The number of anilines is 7. The van der Waals surface area contributed by atoms with Crippen molar-refractivity contribution < 1.29 is 57.6 Å². The molecule has 2 unspecified atom stereocenters. The Morgan fingerprint density at radius 3 is 1.79 bits per heavy atom. The van der Waals surface area contributed by atoms with Gasteiger partial charge in [-0.05, 0) is 208 Å². The van der Waals surface area contributed by atoms with Crippen molar-refractivity contribution in [1.29, 1.82) is 0 Å². The number of sulfonamides is 3. The summed E-state index contributed by atoms with van der Waals surface area (Å²) in [5, 5.41) is 2.33. The van der Waals surface area contributed by atoms with E-state index >= 15 is 0 Å². The molecule has 4 aromatic carbocycles. The number of hydrogen-bond donors (Lipinski definition) is 5. The van der Waals surface area contributed by atoms with Gasteiger partial charge in [0.2, 0.25) is 0 Å². The number of carbonyl (C=O) groups is 4. The molecule has 3 amide bonds. The number of para-hydroxylation sites is 1. The standard InChI is InChI=1S/C28H32N4O4S.C26H31N5O3S.C25H26F3N5O3S/c1-19-17-28(3,4)32(18-19)24-13-7-6-12-23(24)27(34)31(5)37(35,36)26-15-9-14-25(30-26)29-22-11-8-10-21(16-22)20(2)33;1-16-8-9-18(3)20(13-16)21-11-10-19(24(29-21)31-15-17(2)14-26(31,4)5)25(32)30-35(33,34)22-7-6-12-28-23(22)27;1-15-12-24(2,3)33(14-15)22-19(23(34)32-37(35,36)21-9-5-8-20(29)31-21)11-17(13-30-22)16-6-4-7-18(10-16)25(26,27)28/h6-16,19H,17-18H2,1-5H3,(H,29,30);6-13,17H,14-15H2,1-5H3,(H2,27,28)(H,30,32);4-11,13,15H,12,14H2,1-3H3,(H2,29,31)(H,32,34)/t;17-;/m.0./s1. The van der Waals surface area contributed by atoms with E-state index in [4.69, 9.17) is 16.5 Å². The van der Waals surface area contributed by atoms with E-state index in [0.29, 0.717) is 47.6 Å². The normalized spacial score (nSPS) is 17.3. The summed E-state index contributed by atoms with van der Waals surface area (Å²) in [5.41, 5.74) is 16.2. The van der Waals surface area contributed by atoms with Crippen molar-refractivity contribution >= 4 is 94.0 Å². The maximum Gasteiger partial charge on any atom is 0.416 e. The Labute approximate surface area is 634 Å². The third kappa shape index (κ3) is 18.3. The fourth-order valence-electron chi connectivity index (χ4n) is 14.4. The van der Waals surface area contributed by atoms with Gasteiger partial charge in [0.05, 0.1) is 33.6 Å². The van der Waals surface area contributed by atoms with Crippen LogP contribution in [0.5, 0.6) is 0 Å². The molecule has 574 valence electrons. The zero-order chi connectivity index (χ0) is 79.7. The monoisotopic (exact) mass is 1550 g/mol. The molecule has 12 rings (SSSR count). The largest absolute Gasteiger partial charge is 0.416 e. The third-order valence-electron chi connectivity index (χ3n) is 19.3. The van der Waals surface area contributed by atoms with Gasteiger partial charge < -0.3 is 31.5 Å². The summed E-state index contributed by atoms with van der Waals surface area (Å²) in [6, 6.07) is 40.8. The van der Waals surface area contributed by atoms with Crippen molar-refractivity contribution in [1.82, 2.24) is 38.7 Å². The highest BCUT2D eigenvalue weighted by Crippen LogP contribution is 2.43. The van der Waals surface area contributed by atoms with Crippen LogP contribution in [0, 0.1) is 31.6 Å². The number of nitrogen functional groups attached to an aromatic ring is 2. The minimum Gasteiger partial charge on any atom is -0.384 e. The first kappa shape index (κ1) is 80.7. The molecule has 0 spiro atoms. The predicted octanol–water partition coefficient (Wildman–Crippen LogP) is 13.7. The summed E-state index contributed by atoms with van der Waals surface area (Å²) in [5.74, 6) is -0.589. The Morgan fingerprint density at radius 2 is 1.17 bits per heavy atom.